The number of hydroxylamine groups is 2. The van der Waals surface area contributed by atoms with Gasteiger partial charge in [-0.25, -0.2) is 0 Å². The van der Waals surface area contributed by atoms with E-state index in [0.29, 0.717) is 18.1 Å². The maximum absolute atomic E-state index is 13.1. The summed E-state index contributed by atoms with van der Waals surface area (Å²) < 4.78 is -0.339. The van der Waals surface area contributed by atoms with Crippen LogP contribution in [0.25, 0.3) is 0 Å². The Bertz CT molecular complexity index is 483. The van der Waals surface area contributed by atoms with E-state index in [4.69, 9.17) is 11.6 Å². The molecule has 1 aliphatic heterocycles. The first kappa shape index (κ1) is 13.4. The molecule has 0 aromatic heterocycles. The second-order valence-corrected chi connectivity index (χ2v) is 5.59. The minimum absolute atomic E-state index is 0.0217. The number of rotatable bonds is 2. The van der Waals surface area contributed by atoms with E-state index >= 15 is 0 Å². The van der Waals surface area contributed by atoms with Gasteiger partial charge in [-0.15, -0.1) is 0 Å². The van der Waals surface area contributed by atoms with Crippen molar-refractivity contribution in [2.45, 2.75) is 26.8 Å². The van der Waals surface area contributed by atoms with E-state index in [9.17, 15) is 5.21 Å². The Kier molecular flexibility index (Phi) is 3.66. The van der Waals surface area contributed by atoms with Crippen LogP contribution in [0.4, 0.5) is 11.4 Å². The lowest BCUT2D eigenvalue weighted by Gasteiger charge is -2.50. The summed E-state index contributed by atoms with van der Waals surface area (Å²) in [6.45, 7) is 7.14. The molecule has 2 rings (SSSR count). The Morgan fingerprint density at radius 2 is 2.28 bits per heavy atom. The summed E-state index contributed by atoms with van der Waals surface area (Å²) in [6, 6.07) is 5.46. The first-order valence-corrected chi connectivity index (χ1v) is 6.57. The molecule has 0 bridgehead atoms. The summed E-state index contributed by atoms with van der Waals surface area (Å²) in [5, 5.41) is 17.0. The van der Waals surface area contributed by atoms with E-state index in [1.165, 1.54) is 0 Å². The fourth-order valence-corrected chi connectivity index (χ4v) is 2.37. The molecule has 1 aromatic carbocycles. The van der Waals surface area contributed by atoms with Crippen molar-refractivity contribution in [3.8, 4) is 0 Å². The molecule has 0 saturated heterocycles. The van der Waals surface area contributed by atoms with Crippen LogP contribution in [0, 0.1) is 5.21 Å². The van der Waals surface area contributed by atoms with Crippen molar-refractivity contribution in [1.29, 1.82) is 0 Å². The molecule has 0 spiro atoms. The fourth-order valence-electron chi connectivity index (χ4n) is 2.21. The highest BCUT2D eigenvalue weighted by Crippen LogP contribution is 2.38. The van der Waals surface area contributed by atoms with Crippen LogP contribution in [0.2, 0.25) is 5.02 Å². The van der Waals surface area contributed by atoms with Crippen molar-refractivity contribution < 1.29 is 0 Å². The number of benzene rings is 1. The topological polar surface area (TPSA) is 35.1 Å². The lowest BCUT2D eigenvalue weighted by atomic mass is 10.1. The van der Waals surface area contributed by atoms with Gasteiger partial charge in [0.05, 0.1) is 12.2 Å². The third-order valence-corrected chi connectivity index (χ3v) is 3.67. The molecule has 4 heteroatoms. The Morgan fingerprint density at radius 1 is 1.56 bits per heavy atom. The number of hydrogen-bond acceptors (Lipinski definition) is 2. The van der Waals surface area contributed by atoms with Gasteiger partial charge in [0, 0.05) is 11.1 Å². The predicted molar refractivity (Wildman–Crippen MR) is 78.9 cm³/mol. The van der Waals surface area contributed by atoms with Crippen LogP contribution < -0.4 is 9.96 Å². The number of quaternary nitrogens is 1. The Hall–Kier alpha value is -1.03. The Balaban J connectivity index is 2.46. The van der Waals surface area contributed by atoms with Crippen molar-refractivity contribution in [2.24, 2.45) is 0 Å². The molecule has 1 aromatic rings. The highest BCUT2D eigenvalue weighted by atomic mass is 35.5. The molecular weight excluding hydrogens is 248 g/mol. The molecular formula is C14H19ClN2O. The summed E-state index contributed by atoms with van der Waals surface area (Å²) in [5.74, 6) is 0. The van der Waals surface area contributed by atoms with Crippen molar-refractivity contribution in [3.63, 3.8) is 0 Å². The molecule has 98 valence electrons. The number of fused-ring (bicyclic) bond motifs is 1. The third-order valence-electron chi connectivity index (χ3n) is 3.44. The number of nitrogens with zero attached hydrogens (tertiary/aromatic N) is 1. The van der Waals surface area contributed by atoms with E-state index in [2.05, 4.69) is 5.32 Å². The Labute approximate surface area is 113 Å². The zero-order valence-electron chi connectivity index (χ0n) is 11.0. The van der Waals surface area contributed by atoms with Crippen molar-refractivity contribution in [1.82, 2.24) is 4.65 Å². The number of hydrogen-bond donors (Lipinski definition) is 1. The highest BCUT2D eigenvalue weighted by Gasteiger charge is 2.33. The molecule has 1 heterocycles. The fraction of sp³-hybridized carbons (Fsp3) is 0.429. The molecule has 2 atom stereocenters. The second-order valence-electron chi connectivity index (χ2n) is 5.15. The van der Waals surface area contributed by atoms with Gasteiger partial charge in [0.1, 0.15) is 12.6 Å². The lowest BCUT2D eigenvalue weighted by Crippen LogP contribution is -2.56. The molecule has 0 aliphatic carbocycles. The van der Waals surface area contributed by atoms with Crippen molar-refractivity contribution >= 4 is 23.0 Å². The number of anilines is 1. The van der Waals surface area contributed by atoms with Gasteiger partial charge in [0.15, 0.2) is 5.69 Å². The third kappa shape index (κ3) is 2.39. The van der Waals surface area contributed by atoms with Crippen molar-refractivity contribution in [3.05, 3.63) is 40.1 Å². The van der Waals surface area contributed by atoms with Gasteiger partial charge in [-0.1, -0.05) is 17.2 Å². The molecule has 0 radical (unpaired) electrons. The van der Waals surface area contributed by atoms with Gasteiger partial charge in [-0.05, 0) is 39.0 Å². The van der Waals surface area contributed by atoms with Gasteiger partial charge in [-0.3, -0.25) is 0 Å². The maximum atomic E-state index is 13.1. The molecule has 3 nitrogen and oxygen atoms in total. The smallest absolute Gasteiger partial charge is 0.158 e. The molecule has 0 fully saturated rings. The second kappa shape index (κ2) is 4.92. The van der Waals surface area contributed by atoms with Gasteiger partial charge in [0.2, 0.25) is 0 Å². The van der Waals surface area contributed by atoms with Gasteiger partial charge in [0.25, 0.3) is 0 Å². The van der Waals surface area contributed by atoms with Crippen LogP contribution >= 0.6 is 11.6 Å². The first-order valence-electron chi connectivity index (χ1n) is 6.19. The maximum Gasteiger partial charge on any atom is 0.158 e. The van der Waals surface area contributed by atoms with Crippen molar-refractivity contribution in [2.75, 3.05) is 18.4 Å². The van der Waals surface area contributed by atoms with Gasteiger partial charge < -0.3 is 15.2 Å². The van der Waals surface area contributed by atoms with Crippen LogP contribution in [0.5, 0.6) is 0 Å². The lowest BCUT2D eigenvalue weighted by molar-refractivity contribution is 0.320. The highest BCUT2D eigenvalue weighted by molar-refractivity contribution is 6.31. The number of nitrogens with one attached hydrogen (secondary N) is 1. The quantitative estimate of drug-likeness (QED) is 0.500. The molecule has 0 saturated carbocycles. The zero-order valence-corrected chi connectivity index (χ0v) is 11.8. The van der Waals surface area contributed by atoms with E-state index in [0.717, 1.165) is 16.9 Å². The van der Waals surface area contributed by atoms with Crippen LogP contribution in [0.15, 0.2) is 29.8 Å². The molecule has 1 aliphatic rings. The van der Waals surface area contributed by atoms with Crippen LogP contribution in [0.3, 0.4) is 0 Å². The predicted octanol–water partition coefficient (Wildman–Crippen LogP) is 3.93. The van der Waals surface area contributed by atoms with E-state index in [1.54, 1.807) is 6.07 Å². The van der Waals surface area contributed by atoms with E-state index in [1.807, 2.05) is 39.0 Å². The monoisotopic (exact) mass is 266 g/mol. The summed E-state index contributed by atoms with van der Waals surface area (Å²) in [5.41, 5.74) is 2.80. The molecule has 0 amide bonds. The standard InChI is InChI=1S/C14H19ClN2O/c1-10(2)6-7-17(18)11(3)9-16-13-5-4-12(15)8-14(13)17/h4-6,8,11,16H,7,9H2,1-3H3. The largest absolute Gasteiger partial charge is 0.627 e. The molecule has 18 heavy (non-hydrogen) atoms. The average Bonchev–Trinajstić information content (AvgIpc) is 2.32. The molecule has 1 N–H and O–H groups in total. The minimum Gasteiger partial charge on any atom is -0.627 e. The minimum atomic E-state index is -0.339. The zero-order chi connectivity index (χ0) is 13.3. The Morgan fingerprint density at radius 3 is 2.94 bits per heavy atom. The number of allylic oxidation sites excluding steroid dienone is 1. The van der Waals surface area contributed by atoms with Crippen LogP contribution in [-0.2, 0) is 0 Å². The van der Waals surface area contributed by atoms with Gasteiger partial charge >= 0.3 is 0 Å². The summed E-state index contributed by atoms with van der Waals surface area (Å²) >= 11 is 6.02. The normalized spacial score (nSPS) is 26.2. The summed E-state index contributed by atoms with van der Waals surface area (Å²) in [6.07, 6.45) is 2.00. The SMILES string of the molecule is CC(C)=CC[N+]1([O-])c2cc(Cl)ccc2NCC1C. The van der Waals surface area contributed by atoms with Crippen LogP contribution in [0.1, 0.15) is 20.8 Å². The van der Waals surface area contributed by atoms with E-state index in [-0.39, 0.29) is 10.7 Å². The molecule has 2 unspecified atom stereocenters. The summed E-state index contributed by atoms with van der Waals surface area (Å²) in [7, 11) is 0. The number of halogens is 1. The first-order chi connectivity index (χ1) is 8.43. The van der Waals surface area contributed by atoms with Crippen LogP contribution in [-0.4, -0.2) is 19.1 Å². The average molecular weight is 267 g/mol. The summed E-state index contributed by atoms with van der Waals surface area (Å²) in [4.78, 5) is 0. The van der Waals surface area contributed by atoms with Gasteiger partial charge in [-0.2, -0.15) is 0 Å². The van der Waals surface area contributed by atoms with E-state index < -0.39 is 0 Å².